The number of nitrogens with one attached hydrogen (secondary N) is 1. The molecule has 0 saturated heterocycles. The molecular formula is C16H23NO. The average molecular weight is 245 g/mol. The van der Waals surface area contributed by atoms with E-state index in [2.05, 4.69) is 43.4 Å². The van der Waals surface area contributed by atoms with Crippen LogP contribution in [-0.4, -0.2) is 18.7 Å². The Bertz CT molecular complexity index is 383. The lowest BCUT2D eigenvalue weighted by molar-refractivity contribution is 0.264. The summed E-state index contributed by atoms with van der Waals surface area (Å²) >= 11 is 0. The van der Waals surface area contributed by atoms with Crippen molar-refractivity contribution >= 4 is 0 Å². The van der Waals surface area contributed by atoms with Crippen molar-refractivity contribution in [3.05, 3.63) is 42.0 Å². The van der Waals surface area contributed by atoms with Gasteiger partial charge in [0.25, 0.3) is 0 Å². The van der Waals surface area contributed by atoms with Crippen LogP contribution < -0.4 is 10.1 Å². The standard InChI is InChI=1S/C16H23NO/c1-13-8-10-16(11-9-13)18-12-14(2)17-15-6-4-3-5-7-15/h4,6,8-11,14-15,17H,3,5,7,12H2,1-2H3. The zero-order valence-corrected chi connectivity index (χ0v) is 11.4. The van der Waals surface area contributed by atoms with Gasteiger partial charge in [0.15, 0.2) is 0 Å². The topological polar surface area (TPSA) is 21.3 Å². The molecule has 2 heteroatoms. The molecule has 0 saturated carbocycles. The third-order valence-corrected chi connectivity index (χ3v) is 3.27. The molecule has 1 aliphatic carbocycles. The minimum Gasteiger partial charge on any atom is -0.492 e. The quantitative estimate of drug-likeness (QED) is 0.802. The lowest BCUT2D eigenvalue weighted by Gasteiger charge is -2.23. The van der Waals surface area contributed by atoms with Crippen molar-refractivity contribution in [1.29, 1.82) is 0 Å². The maximum atomic E-state index is 5.78. The molecule has 2 nitrogen and oxygen atoms in total. The van der Waals surface area contributed by atoms with E-state index in [0.29, 0.717) is 18.7 Å². The van der Waals surface area contributed by atoms with E-state index in [4.69, 9.17) is 4.74 Å². The molecule has 0 aliphatic heterocycles. The lowest BCUT2D eigenvalue weighted by atomic mass is 10.0. The molecule has 0 spiro atoms. The highest BCUT2D eigenvalue weighted by atomic mass is 16.5. The molecule has 1 N–H and O–H groups in total. The Balaban J connectivity index is 1.74. The Kier molecular flexibility index (Phi) is 4.82. The number of benzene rings is 1. The van der Waals surface area contributed by atoms with Gasteiger partial charge in [-0.2, -0.15) is 0 Å². The Hall–Kier alpha value is -1.28. The summed E-state index contributed by atoms with van der Waals surface area (Å²) in [4.78, 5) is 0. The molecule has 2 unspecified atom stereocenters. The van der Waals surface area contributed by atoms with Gasteiger partial charge in [-0.1, -0.05) is 29.8 Å². The van der Waals surface area contributed by atoms with Gasteiger partial charge in [-0.3, -0.25) is 0 Å². The van der Waals surface area contributed by atoms with E-state index >= 15 is 0 Å². The van der Waals surface area contributed by atoms with Gasteiger partial charge in [0.2, 0.25) is 0 Å². The molecule has 0 aromatic heterocycles. The number of hydrogen-bond donors (Lipinski definition) is 1. The van der Waals surface area contributed by atoms with E-state index in [1.165, 1.54) is 24.8 Å². The molecule has 0 radical (unpaired) electrons. The Labute approximate surface area is 110 Å². The van der Waals surface area contributed by atoms with Crippen molar-refractivity contribution < 1.29 is 4.74 Å². The van der Waals surface area contributed by atoms with Gasteiger partial charge in [-0.15, -0.1) is 0 Å². The van der Waals surface area contributed by atoms with Crippen molar-refractivity contribution in [2.75, 3.05) is 6.61 Å². The Morgan fingerprint density at radius 2 is 2.11 bits per heavy atom. The van der Waals surface area contributed by atoms with Crippen LogP contribution in [0.25, 0.3) is 0 Å². The van der Waals surface area contributed by atoms with Crippen molar-refractivity contribution in [2.45, 2.75) is 45.2 Å². The van der Waals surface area contributed by atoms with E-state index in [9.17, 15) is 0 Å². The van der Waals surface area contributed by atoms with Crippen LogP contribution in [-0.2, 0) is 0 Å². The fraction of sp³-hybridized carbons (Fsp3) is 0.500. The minimum atomic E-state index is 0.374. The molecule has 0 amide bonds. The van der Waals surface area contributed by atoms with Crippen molar-refractivity contribution in [3.8, 4) is 5.75 Å². The molecule has 1 aromatic rings. The summed E-state index contributed by atoms with van der Waals surface area (Å²) in [7, 11) is 0. The maximum absolute atomic E-state index is 5.78. The largest absolute Gasteiger partial charge is 0.492 e. The normalized spacial score (nSPS) is 20.7. The van der Waals surface area contributed by atoms with E-state index in [0.717, 1.165) is 5.75 Å². The summed E-state index contributed by atoms with van der Waals surface area (Å²) < 4.78 is 5.78. The second-order valence-electron chi connectivity index (χ2n) is 5.16. The van der Waals surface area contributed by atoms with Crippen LogP contribution in [0.3, 0.4) is 0 Å². The molecule has 1 aromatic carbocycles. The van der Waals surface area contributed by atoms with Crippen molar-refractivity contribution in [1.82, 2.24) is 5.32 Å². The van der Waals surface area contributed by atoms with Crippen molar-refractivity contribution in [2.24, 2.45) is 0 Å². The first-order valence-corrected chi connectivity index (χ1v) is 6.86. The summed E-state index contributed by atoms with van der Waals surface area (Å²) in [5.74, 6) is 0.952. The molecule has 2 atom stereocenters. The average Bonchev–Trinajstić information content (AvgIpc) is 2.39. The van der Waals surface area contributed by atoms with Crippen LogP contribution in [0, 0.1) is 6.92 Å². The Morgan fingerprint density at radius 3 is 2.78 bits per heavy atom. The fourth-order valence-electron chi connectivity index (χ4n) is 2.22. The van der Waals surface area contributed by atoms with Crippen LogP contribution in [0.1, 0.15) is 31.7 Å². The molecule has 0 bridgehead atoms. The summed E-state index contributed by atoms with van der Waals surface area (Å²) in [6.07, 6.45) is 8.32. The maximum Gasteiger partial charge on any atom is 0.119 e. The van der Waals surface area contributed by atoms with Crippen LogP contribution in [0.5, 0.6) is 5.75 Å². The third-order valence-electron chi connectivity index (χ3n) is 3.27. The number of ether oxygens (including phenoxy) is 1. The summed E-state index contributed by atoms with van der Waals surface area (Å²) in [6.45, 7) is 4.98. The van der Waals surface area contributed by atoms with Gasteiger partial charge < -0.3 is 10.1 Å². The van der Waals surface area contributed by atoms with Gasteiger partial charge in [-0.05, 0) is 45.2 Å². The molecule has 0 heterocycles. The third kappa shape index (κ3) is 4.19. The van der Waals surface area contributed by atoms with E-state index < -0.39 is 0 Å². The molecule has 1 aliphatic rings. The fourth-order valence-corrected chi connectivity index (χ4v) is 2.22. The molecule has 18 heavy (non-hydrogen) atoms. The SMILES string of the molecule is Cc1ccc(OCC(C)NC2C=CCCC2)cc1. The highest BCUT2D eigenvalue weighted by Crippen LogP contribution is 2.13. The first kappa shape index (κ1) is 13.2. The summed E-state index contributed by atoms with van der Waals surface area (Å²) in [5, 5.41) is 3.59. The van der Waals surface area contributed by atoms with Crippen LogP contribution in [0.2, 0.25) is 0 Å². The van der Waals surface area contributed by atoms with E-state index in [1.807, 2.05) is 12.1 Å². The predicted molar refractivity (Wildman–Crippen MR) is 76.1 cm³/mol. The van der Waals surface area contributed by atoms with Crippen molar-refractivity contribution in [3.63, 3.8) is 0 Å². The highest BCUT2D eigenvalue weighted by molar-refractivity contribution is 5.26. The number of hydrogen-bond acceptors (Lipinski definition) is 2. The van der Waals surface area contributed by atoms with Gasteiger partial charge in [0.1, 0.15) is 12.4 Å². The number of rotatable bonds is 5. The monoisotopic (exact) mass is 245 g/mol. The summed E-state index contributed by atoms with van der Waals surface area (Å²) in [5.41, 5.74) is 1.26. The van der Waals surface area contributed by atoms with Crippen LogP contribution in [0.15, 0.2) is 36.4 Å². The van der Waals surface area contributed by atoms with Gasteiger partial charge >= 0.3 is 0 Å². The van der Waals surface area contributed by atoms with Crippen LogP contribution >= 0.6 is 0 Å². The molecular weight excluding hydrogens is 222 g/mol. The molecule has 98 valence electrons. The summed E-state index contributed by atoms with van der Waals surface area (Å²) in [6, 6.07) is 9.12. The molecule has 2 rings (SSSR count). The smallest absolute Gasteiger partial charge is 0.119 e. The van der Waals surface area contributed by atoms with Gasteiger partial charge in [-0.25, -0.2) is 0 Å². The van der Waals surface area contributed by atoms with Gasteiger partial charge in [0, 0.05) is 12.1 Å². The van der Waals surface area contributed by atoms with Crippen LogP contribution in [0.4, 0.5) is 0 Å². The van der Waals surface area contributed by atoms with Gasteiger partial charge in [0.05, 0.1) is 0 Å². The second-order valence-corrected chi connectivity index (χ2v) is 5.16. The number of aryl methyl sites for hydroxylation is 1. The number of allylic oxidation sites excluding steroid dienone is 1. The first-order valence-electron chi connectivity index (χ1n) is 6.86. The molecule has 0 fully saturated rings. The zero-order valence-electron chi connectivity index (χ0n) is 11.4. The predicted octanol–water partition coefficient (Wildman–Crippen LogP) is 3.46. The van der Waals surface area contributed by atoms with E-state index in [1.54, 1.807) is 0 Å². The Morgan fingerprint density at radius 1 is 1.33 bits per heavy atom. The van der Waals surface area contributed by atoms with E-state index in [-0.39, 0.29) is 0 Å². The highest BCUT2D eigenvalue weighted by Gasteiger charge is 2.11. The second kappa shape index (κ2) is 6.60. The minimum absolute atomic E-state index is 0.374. The first-order chi connectivity index (χ1) is 8.74. The zero-order chi connectivity index (χ0) is 12.8. The lowest BCUT2D eigenvalue weighted by Crippen LogP contribution is -2.39.